The number of nitrogens with zero attached hydrogens (tertiary/aromatic N) is 5. The minimum absolute atomic E-state index is 0.0143. The Morgan fingerprint density at radius 3 is 2.45 bits per heavy atom. The highest BCUT2D eigenvalue weighted by atomic mass is 16.5. The van der Waals surface area contributed by atoms with Crippen LogP contribution in [-0.4, -0.2) is 61.0 Å². The Balaban J connectivity index is 1.31. The van der Waals surface area contributed by atoms with E-state index in [1.165, 1.54) is 34.2 Å². The monoisotopic (exact) mass is 697 g/mol. The number of hydrogen-bond donors (Lipinski definition) is 1. The van der Waals surface area contributed by atoms with Crippen molar-refractivity contribution in [3.63, 3.8) is 0 Å². The summed E-state index contributed by atoms with van der Waals surface area (Å²) < 4.78 is 21.7. The van der Waals surface area contributed by atoms with Crippen LogP contribution in [0.1, 0.15) is 50.4 Å². The van der Waals surface area contributed by atoms with E-state index in [1.807, 2.05) is 6.08 Å². The largest absolute Gasteiger partial charge is 0.504 e. The van der Waals surface area contributed by atoms with Crippen LogP contribution in [0.5, 0.6) is 23.0 Å². The Bertz CT molecular complexity index is 2390. The van der Waals surface area contributed by atoms with Gasteiger partial charge in [-0.1, -0.05) is 25.1 Å². The predicted molar refractivity (Wildman–Crippen MR) is 186 cm³/mol. The van der Waals surface area contributed by atoms with Crippen LogP contribution < -0.4 is 31.1 Å². The van der Waals surface area contributed by atoms with E-state index >= 15 is 0 Å². The lowest BCUT2D eigenvalue weighted by Gasteiger charge is -2.52. The van der Waals surface area contributed by atoms with E-state index < -0.39 is 34.7 Å². The summed E-state index contributed by atoms with van der Waals surface area (Å²) in [5.41, 5.74) is -0.321. The maximum Gasteiger partial charge on any atom is 0.347 e. The number of carbonyl (C=O) groups is 2. The van der Waals surface area contributed by atoms with Crippen LogP contribution in [0.4, 0.5) is 0 Å². The highest BCUT2D eigenvalue weighted by molar-refractivity contribution is 6.13. The summed E-state index contributed by atoms with van der Waals surface area (Å²) in [5.74, 6) is -1.15. The van der Waals surface area contributed by atoms with Crippen LogP contribution in [0.25, 0.3) is 11.0 Å². The molecule has 0 bridgehead atoms. The molecule has 0 saturated heterocycles. The van der Waals surface area contributed by atoms with E-state index in [0.717, 1.165) is 4.57 Å². The molecule has 7 rings (SSSR count). The first-order valence-electron chi connectivity index (χ1n) is 16.8. The number of aromatic hydroxyl groups is 1. The fourth-order valence-electron chi connectivity index (χ4n) is 8.37. The zero-order chi connectivity index (χ0) is 36.5. The van der Waals surface area contributed by atoms with E-state index in [-0.39, 0.29) is 60.2 Å². The molecule has 4 aromatic rings. The van der Waals surface area contributed by atoms with Crippen LogP contribution in [-0.2, 0) is 36.1 Å². The molecule has 1 saturated carbocycles. The van der Waals surface area contributed by atoms with E-state index in [9.17, 15) is 29.1 Å². The zero-order valence-electron chi connectivity index (χ0n) is 29.3. The normalized spacial score (nSPS) is 22.5. The molecule has 2 aliphatic carbocycles. The third-order valence-corrected chi connectivity index (χ3v) is 10.8. The molecule has 0 spiro atoms. The summed E-state index contributed by atoms with van der Waals surface area (Å²) >= 11 is 0. The first-order chi connectivity index (χ1) is 24.4. The number of methoxy groups -OCH3 is 2. The number of ketones is 2. The van der Waals surface area contributed by atoms with Crippen molar-refractivity contribution < 1.29 is 28.9 Å². The first kappa shape index (κ1) is 33.8. The fraction of sp³-hybridized carbons (Fsp3) is 0.405. The highest BCUT2D eigenvalue weighted by Gasteiger charge is 2.60. The predicted octanol–water partition coefficient (Wildman–Crippen LogP) is 2.81. The fourth-order valence-corrected chi connectivity index (χ4v) is 8.37. The maximum atomic E-state index is 14.2. The van der Waals surface area contributed by atoms with Gasteiger partial charge >= 0.3 is 11.4 Å². The molecular weight excluding hydrogens is 658 g/mol. The number of aryl methyl sites for hydroxylation is 2. The molecule has 3 heterocycles. The lowest BCUT2D eigenvalue weighted by molar-refractivity contribution is -0.139. The van der Waals surface area contributed by atoms with Crippen LogP contribution in [0.15, 0.2) is 68.0 Å². The summed E-state index contributed by atoms with van der Waals surface area (Å²) in [4.78, 5) is 73.8. The summed E-state index contributed by atoms with van der Waals surface area (Å²) in [5, 5.41) is 11.5. The second kappa shape index (κ2) is 12.3. The molecule has 2 aromatic heterocycles. The van der Waals surface area contributed by atoms with Gasteiger partial charge in [0.05, 0.1) is 49.9 Å². The summed E-state index contributed by atoms with van der Waals surface area (Å²) in [6.07, 6.45) is 3.26. The van der Waals surface area contributed by atoms with Gasteiger partial charge in [-0.3, -0.25) is 14.4 Å². The van der Waals surface area contributed by atoms with Crippen molar-refractivity contribution in [2.45, 2.75) is 58.7 Å². The minimum atomic E-state index is -1.27. The molecule has 266 valence electrons. The van der Waals surface area contributed by atoms with E-state index in [1.54, 1.807) is 58.2 Å². The van der Waals surface area contributed by atoms with Crippen LogP contribution in [0.2, 0.25) is 0 Å². The number of hydrogen-bond acceptors (Lipinski definition) is 10. The molecule has 51 heavy (non-hydrogen) atoms. The number of fused-ring (bicyclic) bond motifs is 5. The van der Waals surface area contributed by atoms with Crippen molar-refractivity contribution in [3.05, 3.63) is 96.2 Å². The second-order valence-corrected chi connectivity index (χ2v) is 13.4. The Hall–Kier alpha value is -5.66. The smallest absolute Gasteiger partial charge is 0.347 e. The summed E-state index contributed by atoms with van der Waals surface area (Å²) in [6.45, 7) is 5.34. The van der Waals surface area contributed by atoms with Gasteiger partial charge in [0.2, 0.25) is 0 Å². The topological polar surface area (TPSA) is 166 Å². The number of para-hydroxylation sites is 1. The molecule has 4 unspecified atom stereocenters. The van der Waals surface area contributed by atoms with Gasteiger partial charge in [-0.05, 0) is 43.6 Å². The lowest BCUT2D eigenvalue weighted by atomic mass is 9.51. The zero-order valence-corrected chi connectivity index (χ0v) is 29.3. The number of aromatic nitrogens is 5. The van der Waals surface area contributed by atoms with Gasteiger partial charge in [0.15, 0.2) is 34.6 Å². The van der Waals surface area contributed by atoms with Crippen LogP contribution >= 0.6 is 0 Å². The SMILES string of the molecule is CCOc1cccc(C2C3=CCn4c(=O)n(CCc5nc6cc(OC)c(OC)cc6n(C)c5=O)c(=O)n4C3CC3C(=O)C=C(C)C(=O)C32C)c1O. The molecule has 1 aliphatic heterocycles. The standard InChI is InChI=1S/C37H39N5O9/c1-7-51-28-10-8-9-21(32(28)44)31-20-11-14-41-35(47)40(36(48)42(41)25(20)16-22-27(43)15-19(2)33(45)37(22,31)3)13-12-23-34(46)39(4)26-18-30(50-6)29(49-5)17-24(26)38-23/h8-11,15,17-18,22,25,31,44H,7,12-14,16H2,1-6H3. The number of allylic oxidation sites excluding steroid dienone is 4. The molecule has 0 radical (unpaired) electrons. The van der Waals surface area contributed by atoms with Crippen molar-refractivity contribution in [1.82, 2.24) is 23.5 Å². The molecule has 1 fully saturated rings. The second-order valence-electron chi connectivity index (χ2n) is 13.4. The number of phenolic OH excluding ortho intramolecular Hbond substituents is 1. The average molecular weight is 698 g/mol. The molecule has 0 amide bonds. The molecule has 2 aromatic carbocycles. The number of rotatable bonds is 8. The molecule has 14 heteroatoms. The maximum absolute atomic E-state index is 14.2. The van der Waals surface area contributed by atoms with Crippen LogP contribution in [0, 0.1) is 11.3 Å². The Kier molecular flexibility index (Phi) is 8.15. The third kappa shape index (κ3) is 4.90. The average Bonchev–Trinajstić information content (AvgIpc) is 3.36. The quantitative estimate of drug-likeness (QED) is 0.271. The van der Waals surface area contributed by atoms with Crippen molar-refractivity contribution in [2.24, 2.45) is 18.4 Å². The number of ether oxygens (including phenoxy) is 3. The van der Waals surface area contributed by atoms with Gasteiger partial charge in [0.25, 0.3) is 5.56 Å². The molecule has 4 atom stereocenters. The number of benzene rings is 2. The van der Waals surface area contributed by atoms with E-state index in [0.29, 0.717) is 45.8 Å². The third-order valence-electron chi connectivity index (χ3n) is 10.8. The van der Waals surface area contributed by atoms with Crippen LogP contribution in [0.3, 0.4) is 0 Å². The Morgan fingerprint density at radius 1 is 1.02 bits per heavy atom. The lowest BCUT2D eigenvalue weighted by Crippen LogP contribution is -2.54. The summed E-state index contributed by atoms with van der Waals surface area (Å²) in [6, 6.07) is 7.61. The van der Waals surface area contributed by atoms with Crippen molar-refractivity contribution in [3.8, 4) is 23.0 Å². The van der Waals surface area contributed by atoms with Gasteiger partial charge in [-0.25, -0.2) is 28.5 Å². The Morgan fingerprint density at radius 2 is 1.75 bits per heavy atom. The van der Waals surface area contributed by atoms with Crippen molar-refractivity contribution >= 4 is 22.6 Å². The van der Waals surface area contributed by atoms with E-state index in [2.05, 4.69) is 4.98 Å². The van der Waals surface area contributed by atoms with Gasteiger partial charge < -0.3 is 23.9 Å². The molecule has 14 nitrogen and oxygen atoms in total. The van der Waals surface area contributed by atoms with Crippen molar-refractivity contribution in [2.75, 3.05) is 20.8 Å². The molecule has 1 N–H and O–H groups in total. The minimum Gasteiger partial charge on any atom is -0.504 e. The van der Waals surface area contributed by atoms with Gasteiger partial charge in [0, 0.05) is 49.5 Å². The first-order valence-corrected chi connectivity index (χ1v) is 16.8. The highest BCUT2D eigenvalue weighted by Crippen LogP contribution is 2.61. The van der Waals surface area contributed by atoms with Gasteiger partial charge in [-0.2, -0.15) is 0 Å². The molecular formula is C37H39N5O9. The number of Topliss-reactive ketones (excluding diaryl/α,β-unsaturated/α-hetero) is 1. The molecule has 3 aliphatic rings. The summed E-state index contributed by atoms with van der Waals surface area (Å²) in [7, 11) is 4.60. The van der Waals surface area contributed by atoms with Gasteiger partial charge in [-0.15, -0.1) is 0 Å². The van der Waals surface area contributed by atoms with Gasteiger partial charge in [0.1, 0.15) is 5.69 Å². The van der Waals surface area contributed by atoms with Crippen molar-refractivity contribution in [1.29, 1.82) is 0 Å². The van der Waals surface area contributed by atoms with E-state index in [4.69, 9.17) is 14.2 Å². The number of phenols is 1. The number of carbonyl (C=O) groups excluding carboxylic acids is 2. The Labute approximate surface area is 291 Å².